The van der Waals surface area contributed by atoms with Crippen LogP contribution in [0, 0.1) is 0 Å². The summed E-state index contributed by atoms with van der Waals surface area (Å²) in [6, 6.07) is 20.2. The van der Waals surface area contributed by atoms with Crippen LogP contribution in [0.2, 0.25) is 0 Å². The van der Waals surface area contributed by atoms with E-state index in [1.807, 2.05) is 60.5 Å². The second-order valence-electron chi connectivity index (χ2n) is 6.58. The fraction of sp³-hybridized carbons (Fsp3) is 0.182. The van der Waals surface area contributed by atoms with Gasteiger partial charge in [-0.25, -0.2) is 9.97 Å². The third-order valence-corrected chi connectivity index (χ3v) is 4.82. The van der Waals surface area contributed by atoms with Crippen molar-refractivity contribution in [3.63, 3.8) is 0 Å². The van der Waals surface area contributed by atoms with Crippen LogP contribution in [0.3, 0.4) is 0 Å². The number of fused-ring (bicyclic) bond motifs is 1. The van der Waals surface area contributed by atoms with E-state index in [0.29, 0.717) is 24.7 Å². The minimum atomic E-state index is -0.475. The third-order valence-electron chi connectivity index (χ3n) is 4.82. The Labute approximate surface area is 162 Å². The van der Waals surface area contributed by atoms with Crippen LogP contribution in [0.25, 0.3) is 33.6 Å². The molecule has 0 aliphatic carbocycles. The Hall–Kier alpha value is -3.22. The van der Waals surface area contributed by atoms with Gasteiger partial charge in [-0.05, 0) is 5.56 Å². The molecule has 1 fully saturated rings. The maximum absolute atomic E-state index is 6.23. The first-order valence-electron chi connectivity index (χ1n) is 9.17. The van der Waals surface area contributed by atoms with Gasteiger partial charge in [-0.2, -0.15) is 0 Å². The molecule has 0 atom stereocenters. The third kappa shape index (κ3) is 2.83. The summed E-state index contributed by atoms with van der Waals surface area (Å²) >= 11 is 0. The first kappa shape index (κ1) is 16.9. The lowest BCUT2D eigenvalue weighted by molar-refractivity contribution is -0.0392. The van der Waals surface area contributed by atoms with Crippen LogP contribution >= 0.6 is 0 Å². The molecule has 6 heteroatoms. The zero-order valence-corrected chi connectivity index (χ0v) is 15.4. The average Bonchev–Trinajstić information content (AvgIpc) is 3.42. The topological polar surface area (TPSA) is 60.6 Å². The molecule has 0 amide bonds. The van der Waals surface area contributed by atoms with Crippen LogP contribution in [-0.2, 0) is 9.47 Å². The van der Waals surface area contributed by atoms with Crippen molar-refractivity contribution >= 4 is 16.9 Å². The van der Waals surface area contributed by atoms with Gasteiger partial charge >= 0.3 is 0 Å². The fourth-order valence-electron chi connectivity index (χ4n) is 3.53. The van der Waals surface area contributed by atoms with Crippen LogP contribution in [0.15, 0.2) is 71.4 Å². The molecule has 4 aromatic rings. The lowest BCUT2D eigenvalue weighted by atomic mass is 9.99. The Morgan fingerprint density at radius 3 is 2.18 bits per heavy atom. The molecular formula is C22H19N3O3. The van der Waals surface area contributed by atoms with Gasteiger partial charge in [0.25, 0.3) is 0 Å². The minimum absolute atomic E-state index is 0.475. The fourth-order valence-corrected chi connectivity index (χ4v) is 3.53. The van der Waals surface area contributed by atoms with E-state index in [1.54, 1.807) is 0 Å². The van der Waals surface area contributed by atoms with E-state index in [2.05, 4.69) is 22.1 Å². The predicted octanol–water partition coefficient (Wildman–Crippen LogP) is 4.32. The SMILES string of the molecule is CN(c1ncnc2oc(-c3ccccc3)c(-c3ccccc3)c12)C1OCCO1. The molecule has 5 rings (SSSR count). The normalized spacial score (nSPS) is 14.6. The largest absolute Gasteiger partial charge is 0.437 e. The quantitative estimate of drug-likeness (QED) is 0.531. The highest BCUT2D eigenvalue weighted by atomic mass is 16.7. The molecule has 2 aromatic carbocycles. The minimum Gasteiger partial charge on any atom is -0.437 e. The Balaban J connectivity index is 1.78. The highest BCUT2D eigenvalue weighted by Gasteiger charge is 2.28. The Kier molecular flexibility index (Phi) is 4.27. The molecule has 140 valence electrons. The van der Waals surface area contributed by atoms with Crippen molar-refractivity contribution < 1.29 is 13.9 Å². The molecule has 0 spiro atoms. The van der Waals surface area contributed by atoms with Gasteiger partial charge in [0, 0.05) is 18.2 Å². The summed E-state index contributed by atoms with van der Waals surface area (Å²) in [6.07, 6.45) is 1.03. The van der Waals surface area contributed by atoms with Gasteiger partial charge in [0.15, 0.2) is 0 Å². The predicted molar refractivity (Wildman–Crippen MR) is 107 cm³/mol. The monoisotopic (exact) mass is 373 g/mol. The van der Waals surface area contributed by atoms with E-state index in [-0.39, 0.29) is 0 Å². The first-order valence-corrected chi connectivity index (χ1v) is 9.17. The van der Waals surface area contributed by atoms with E-state index in [4.69, 9.17) is 13.9 Å². The molecule has 1 aliphatic rings. The molecule has 0 N–H and O–H groups in total. The number of nitrogens with zero attached hydrogens (tertiary/aromatic N) is 3. The highest BCUT2D eigenvalue weighted by Crippen LogP contribution is 2.43. The molecule has 28 heavy (non-hydrogen) atoms. The number of rotatable bonds is 4. The van der Waals surface area contributed by atoms with E-state index in [1.165, 1.54) is 6.33 Å². The Morgan fingerprint density at radius 1 is 0.857 bits per heavy atom. The van der Waals surface area contributed by atoms with Gasteiger partial charge < -0.3 is 18.8 Å². The van der Waals surface area contributed by atoms with E-state index >= 15 is 0 Å². The van der Waals surface area contributed by atoms with Crippen molar-refractivity contribution in [3.8, 4) is 22.5 Å². The smallest absolute Gasteiger partial charge is 0.241 e. The van der Waals surface area contributed by atoms with Crippen molar-refractivity contribution in [2.75, 3.05) is 25.2 Å². The molecule has 0 radical (unpaired) electrons. The summed E-state index contributed by atoms with van der Waals surface area (Å²) in [5.41, 5.74) is 3.52. The molecule has 1 aliphatic heterocycles. The molecular weight excluding hydrogens is 354 g/mol. The van der Waals surface area contributed by atoms with Crippen molar-refractivity contribution in [2.45, 2.75) is 6.41 Å². The number of benzene rings is 2. The van der Waals surface area contributed by atoms with Crippen LogP contribution in [-0.4, -0.2) is 36.6 Å². The Bertz CT molecular complexity index is 1090. The summed E-state index contributed by atoms with van der Waals surface area (Å²) < 4.78 is 17.6. The summed E-state index contributed by atoms with van der Waals surface area (Å²) in [5.74, 6) is 1.48. The summed E-state index contributed by atoms with van der Waals surface area (Å²) in [4.78, 5) is 10.8. The van der Waals surface area contributed by atoms with Gasteiger partial charge in [0.1, 0.15) is 17.9 Å². The maximum Gasteiger partial charge on any atom is 0.241 e. The van der Waals surface area contributed by atoms with Crippen molar-refractivity contribution in [2.24, 2.45) is 0 Å². The van der Waals surface area contributed by atoms with Crippen molar-refractivity contribution in [1.82, 2.24) is 9.97 Å². The average molecular weight is 373 g/mol. The molecule has 0 saturated carbocycles. The summed E-state index contributed by atoms with van der Waals surface area (Å²) in [6.45, 7) is 1.13. The van der Waals surface area contributed by atoms with E-state index in [9.17, 15) is 0 Å². The highest BCUT2D eigenvalue weighted by molar-refractivity contribution is 6.06. The van der Waals surface area contributed by atoms with Gasteiger partial charge in [-0.1, -0.05) is 60.7 Å². The van der Waals surface area contributed by atoms with Gasteiger partial charge in [0.2, 0.25) is 12.1 Å². The standard InChI is InChI=1S/C22H19N3O3/c1-25(22-26-12-13-27-22)20-18-17(15-8-4-2-5-9-15)19(16-10-6-3-7-11-16)28-21(18)24-14-23-20/h2-11,14,22H,12-13H2,1H3. The van der Waals surface area contributed by atoms with Crippen molar-refractivity contribution in [3.05, 3.63) is 67.0 Å². The second-order valence-corrected chi connectivity index (χ2v) is 6.58. The molecule has 3 heterocycles. The lowest BCUT2D eigenvalue weighted by Gasteiger charge is -2.24. The van der Waals surface area contributed by atoms with E-state index in [0.717, 1.165) is 27.8 Å². The van der Waals surface area contributed by atoms with Crippen LogP contribution in [0.4, 0.5) is 5.82 Å². The van der Waals surface area contributed by atoms with E-state index < -0.39 is 6.41 Å². The molecule has 0 bridgehead atoms. The molecule has 2 aromatic heterocycles. The number of hydrogen-bond acceptors (Lipinski definition) is 6. The van der Waals surface area contributed by atoms with Gasteiger partial charge in [-0.15, -0.1) is 0 Å². The first-order chi connectivity index (χ1) is 13.8. The zero-order chi connectivity index (χ0) is 18.9. The molecule has 1 saturated heterocycles. The summed E-state index contributed by atoms with van der Waals surface area (Å²) in [7, 11) is 1.90. The summed E-state index contributed by atoms with van der Waals surface area (Å²) in [5, 5.41) is 0.842. The molecule has 6 nitrogen and oxygen atoms in total. The van der Waals surface area contributed by atoms with Crippen molar-refractivity contribution in [1.29, 1.82) is 0 Å². The second kappa shape index (κ2) is 7.07. The number of hydrogen-bond donors (Lipinski definition) is 0. The Morgan fingerprint density at radius 2 is 1.50 bits per heavy atom. The maximum atomic E-state index is 6.23. The molecule has 0 unspecified atom stereocenters. The number of ether oxygens (including phenoxy) is 2. The van der Waals surface area contributed by atoms with Crippen LogP contribution < -0.4 is 4.90 Å². The number of aromatic nitrogens is 2. The lowest BCUT2D eigenvalue weighted by Crippen LogP contribution is -2.33. The number of furan rings is 1. The van der Waals surface area contributed by atoms with Crippen LogP contribution in [0.1, 0.15) is 0 Å². The zero-order valence-electron chi connectivity index (χ0n) is 15.4. The van der Waals surface area contributed by atoms with Gasteiger partial charge in [-0.3, -0.25) is 0 Å². The van der Waals surface area contributed by atoms with Crippen LogP contribution in [0.5, 0.6) is 0 Å². The van der Waals surface area contributed by atoms with Gasteiger partial charge in [0.05, 0.1) is 18.6 Å². The number of anilines is 1.